The molecule has 1 aromatic carbocycles. The van der Waals surface area contributed by atoms with Gasteiger partial charge in [0.2, 0.25) is 10.0 Å². The highest BCUT2D eigenvalue weighted by Crippen LogP contribution is 2.18. The standard InChI is InChI=1S/C15H20FN3O5S/c1-24-15(21)10-17-14(20)11-18-6-8-19(9-7-18)25(22,23)13-5-3-2-4-12(13)16/h2-5H,6-11H2,1H3,(H,17,20)/p+1. The highest BCUT2D eigenvalue weighted by molar-refractivity contribution is 7.89. The maximum atomic E-state index is 13.8. The van der Waals surface area contributed by atoms with E-state index in [9.17, 15) is 22.4 Å². The zero-order chi connectivity index (χ0) is 18.4. The number of halogens is 1. The van der Waals surface area contributed by atoms with Crippen molar-refractivity contribution in [2.45, 2.75) is 4.90 Å². The number of methoxy groups -OCH3 is 1. The van der Waals surface area contributed by atoms with Crippen molar-refractivity contribution >= 4 is 21.9 Å². The molecule has 0 spiro atoms. The topological polar surface area (TPSA) is 97.2 Å². The summed E-state index contributed by atoms with van der Waals surface area (Å²) in [6.07, 6.45) is 0. The van der Waals surface area contributed by atoms with Crippen LogP contribution in [0.15, 0.2) is 29.2 Å². The van der Waals surface area contributed by atoms with E-state index in [-0.39, 0.29) is 37.0 Å². The second kappa shape index (κ2) is 8.37. The number of hydrogen-bond donors (Lipinski definition) is 2. The summed E-state index contributed by atoms with van der Waals surface area (Å²) in [5.74, 6) is -1.63. The van der Waals surface area contributed by atoms with Gasteiger partial charge >= 0.3 is 5.97 Å². The van der Waals surface area contributed by atoms with Gasteiger partial charge in [0, 0.05) is 0 Å². The van der Waals surface area contributed by atoms with E-state index in [0.29, 0.717) is 13.1 Å². The van der Waals surface area contributed by atoms with E-state index in [1.807, 2.05) is 0 Å². The lowest BCUT2D eigenvalue weighted by Gasteiger charge is -2.31. The number of ether oxygens (including phenoxy) is 1. The van der Waals surface area contributed by atoms with E-state index in [1.54, 1.807) is 0 Å². The predicted octanol–water partition coefficient (Wildman–Crippen LogP) is -2.00. The highest BCUT2D eigenvalue weighted by atomic mass is 32.2. The molecule has 1 fully saturated rings. The molecule has 0 unspecified atom stereocenters. The van der Waals surface area contributed by atoms with E-state index in [1.165, 1.54) is 29.6 Å². The first-order valence-electron chi connectivity index (χ1n) is 7.76. The second-order valence-electron chi connectivity index (χ2n) is 5.61. The van der Waals surface area contributed by atoms with Gasteiger partial charge in [-0.15, -0.1) is 0 Å². The van der Waals surface area contributed by atoms with Crippen LogP contribution in [0.4, 0.5) is 4.39 Å². The summed E-state index contributed by atoms with van der Waals surface area (Å²) < 4.78 is 44.4. The molecule has 10 heteroatoms. The van der Waals surface area contributed by atoms with E-state index < -0.39 is 21.8 Å². The van der Waals surface area contributed by atoms with Gasteiger partial charge in [-0.2, -0.15) is 4.31 Å². The Morgan fingerprint density at radius 1 is 1.28 bits per heavy atom. The molecule has 1 aliphatic heterocycles. The minimum absolute atomic E-state index is 0.130. The Balaban J connectivity index is 1.88. The molecule has 0 bridgehead atoms. The fourth-order valence-electron chi connectivity index (χ4n) is 2.55. The summed E-state index contributed by atoms with van der Waals surface area (Å²) in [6, 6.07) is 5.26. The predicted molar refractivity (Wildman–Crippen MR) is 85.7 cm³/mol. The number of rotatable bonds is 6. The van der Waals surface area contributed by atoms with E-state index in [2.05, 4.69) is 10.1 Å². The molecule has 1 amide bonds. The average molecular weight is 374 g/mol. The smallest absolute Gasteiger partial charge is 0.325 e. The first kappa shape index (κ1) is 19.3. The number of piperazine rings is 1. The van der Waals surface area contributed by atoms with E-state index in [4.69, 9.17) is 0 Å². The Hall–Kier alpha value is -2.04. The number of nitrogens with zero attached hydrogens (tertiary/aromatic N) is 1. The maximum Gasteiger partial charge on any atom is 0.325 e. The van der Waals surface area contributed by atoms with Crippen molar-refractivity contribution in [2.24, 2.45) is 0 Å². The van der Waals surface area contributed by atoms with Crippen molar-refractivity contribution in [3.05, 3.63) is 30.1 Å². The Morgan fingerprint density at radius 3 is 2.52 bits per heavy atom. The van der Waals surface area contributed by atoms with Crippen LogP contribution in [0.3, 0.4) is 0 Å². The number of benzene rings is 1. The molecule has 0 radical (unpaired) electrons. The van der Waals surface area contributed by atoms with Crippen molar-refractivity contribution in [3.63, 3.8) is 0 Å². The van der Waals surface area contributed by atoms with Crippen LogP contribution in [0.2, 0.25) is 0 Å². The van der Waals surface area contributed by atoms with Crippen LogP contribution >= 0.6 is 0 Å². The Bertz CT molecular complexity index is 732. The number of esters is 1. The molecular weight excluding hydrogens is 353 g/mol. The van der Waals surface area contributed by atoms with Crippen molar-refractivity contribution in [1.82, 2.24) is 9.62 Å². The summed E-state index contributed by atoms with van der Waals surface area (Å²) in [6.45, 7) is 1.15. The van der Waals surface area contributed by atoms with Gasteiger partial charge in [-0.05, 0) is 12.1 Å². The van der Waals surface area contributed by atoms with Crippen LogP contribution in [-0.4, -0.2) is 71.0 Å². The molecule has 1 heterocycles. The summed E-state index contributed by atoms with van der Waals surface area (Å²) in [4.78, 5) is 23.3. The monoisotopic (exact) mass is 374 g/mol. The van der Waals surface area contributed by atoms with Gasteiger partial charge in [0.15, 0.2) is 6.54 Å². The van der Waals surface area contributed by atoms with Gasteiger partial charge in [0.25, 0.3) is 5.91 Å². The lowest BCUT2D eigenvalue weighted by atomic mass is 10.3. The number of sulfonamides is 1. The number of carbonyl (C=O) groups is 2. The molecule has 0 saturated carbocycles. The number of carbonyl (C=O) groups excluding carboxylic acids is 2. The van der Waals surface area contributed by atoms with Gasteiger partial charge in [0.1, 0.15) is 17.3 Å². The van der Waals surface area contributed by atoms with Gasteiger partial charge in [-0.25, -0.2) is 12.8 Å². The number of hydrogen-bond acceptors (Lipinski definition) is 5. The molecule has 2 rings (SSSR count). The van der Waals surface area contributed by atoms with Gasteiger partial charge in [-0.3, -0.25) is 9.59 Å². The number of quaternary nitrogens is 1. The van der Waals surface area contributed by atoms with Crippen LogP contribution in [0.25, 0.3) is 0 Å². The van der Waals surface area contributed by atoms with Crippen molar-refractivity contribution in [2.75, 3.05) is 46.4 Å². The lowest BCUT2D eigenvalue weighted by molar-refractivity contribution is -0.895. The molecule has 0 aromatic heterocycles. The minimum atomic E-state index is -3.89. The first-order valence-corrected chi connectivity index (χ1v) is 9.20. The number of nitrogens with one attached hydrogen (secondary N) is 2. The quantitative estimate of drug-likeness (QED) is 0.562. The van der Waals surface area contributed by atoms with Crippen LogP contribution in [0.5, 0.6) is 0 Å². The Kier molecular flexibility index (Phi) is 6.45. The fourth-order valence-corrected chi connectivity index (χ4v) is 4.05. The third kappa shape index (κ3) is 4.97. The summed E-state index contributed by atoms with van der Waals surface area (Å²) >= 11 is 0. The molecular formula is C15H21FN3O5S+. The normalized spacial score (nSPS) is 16.4. The van der Waals surface area contributed by atoms with Crippen LogP contribution in [0.1, 0.15) is 0 Å². The molecule has 2 N–H and O–H groups in total. The van der Waals surface area contributed by atoms with Crippen molar-refractivity contribution < 1.29 is 32.0 Å². The molecule has 1 aliphatic rings. The molecule has 1 saturated heterocycles. The van der Waals surface area contributed by atoms with E-state index >= 15 is 0 Å². The van der Waals surface area contributed by atoms with Crippen LogP contribution < -0.4 is 10.2 Å². The van der Waals surface area contributed by atoms with Crippen LogP contribution in [-0.2, 0) is 24.3 Å². The maximum absolute atomic E-state index is 13.8. The van der Waals surface area contributed by atoms with Gasteiger partial charge < -0.3 is 15.0 Å². The highest BCUT2D eigenvalue weighted by Gasteiger charge is 2.32. The second-order valence-corrected chi connectivity index (χ2v) is 7.52. The number of amides is 1. The first-order chi connectivity index (χ1) is 11.8. The molecule has 138 valence electrons. The SMILES string of the molecule is COC(=O)CNC(=O)C[NH+]1CCN(S(=O)(=O)c2ccccc2F)CC1. The third-order valence-electron chi connectivity index (χ3n) is 3.95. The Morgan fingerprint density at radius 2 is 1.92 bits per heavy atom. The van der Waals surface area contributed by atoms with Gasteiger partial charge in [-0.1, -0.05) is 12.1 Å². The fraction of sp³-hybridized carbons (Fsp3) is 0.467. The summed E-state index contributed by atoms with van der Waals surface area (Å²) in [5.41, 5.74) is 0. The lowest BCUT2D eigenvalue weighted by Crippen LogP contribution is -3.15. The van der Waals surface area contributed by atoms with Crippen molar-refractivity contribution in [3.8, 4) is 0 Å². The van der Waals surface area contributed by atoms with Crippen molar-refractivity contribution in [1.29, 1.82) is 0 Å². The molecule has 0 aliphatic carbocycles. The third-order valence-corrected chi connectivity index (χ3v) is 5.88. The molecule has 25 heavy (non-hydrogen) atoms. The zero-order valence-corrected chi connectivity index (χ0v) is 14.6. The molecule has 0 atom stereocenters. The summed E-state index contributed by atoms with van der Waals surface area (Å²) in [5, 5.41) is 2.44. The zero-order valence-electron chi connectivity index (χ0n) is 13.8. The minimum Gasteiger partial charge on any atom is -0.468 e. The largest absolute Gasteiger partial charge is 0.468 e. The van der Waals surface area contributed by atoms with Crippen LogP contribution in [0, 0.1) is 5.82 Å². The molecule has 1 aromatic rings. The Labute approximate surface area is 145 Å². The van der Waals surface area contributed by atoms with E-state index in [0.717, 1.165) is 11.0 Å². The van der Waals surface area contributed by atoms with Gasteiger partial charge in [0.05, 0.1) is 33.3 Å². The average Bonchev–Trinajstić information content (AvgIpc) is 2.60. The molecule has 8 nitrogen and oxygen atoms in total. The summed E-state index contributed by atoms with van der Waals surface area (Å²) in [7, 11) is -2.66.